The van der Waals surface area contributed by atoms with Crippen molar-refractivity contribution in [1.29, 1.82) is 0 Å². The van der Waals surface area contributed by atoms with Gasteiger partial charge in [0.2, 0.25) is 0 Å². The van der Waals surface area contributed by atoms with Gasteiger partial charge in [-0.1, -0.05) is 6.42 Å². The fourth-order valence-electron chi connectivity index (χ4n) is 2.77. The maximum absolute atomic E-state index is 9.81. The molecule has 0 spiro atoms. The third-order valence-corrected chi connectivity index (χ3v) is 3.55. The van der Waals surface area contributed by atoms with Crippen molar-refractivity contribution in [1.82, 2.24) is 4.90 Å². The summed E-state index contributed by atoms with van der Waals surface area (Å²) in [5.74, 6) is 0.647. The zero-order chi connectivity index (χ0) is 11.3. The van der Waals surface area contributed by atoms with Crippen molar-refractivity contribution in [2.45, 2.75) is 50.7 Å². The van der Waals surface area contributed by atoms with Crippen molar-refractivity contribution < 1.29 is 10.2 Å². The number of nitrogens with zero attached hydrogens (tertiary/aromatic N) is 1. The molecule has 0 aromatic carbocycles. The smallest absolute Gasteiger partial charge is 0.0544 e. The van der Waals surface area contributed by atoms with Crippen LogP contribution in [0.2, 0.25) is 0 Å². The number of rotatable bonds is 6. The number of aliphatic hydroxyl groups excluding tert-OH is 2. The maximum Gasteiger partial charge on any atom is 0.0544 e. The average Bonchev–Trinajstić information content (AvgIpc) is 2.62. The molecule has 1 saturated carbocycles. The molecule has 3 nitrogen and oxygen atoms in total. The molecule has 3 atom stereocenters. The Bertz CT molecular complexity index is 173. The summed E-state index contributed by atoms with van der Waals surface area (Å²) in [6.07, 6.45) is 5.96. The average molecular weight is 215 g/mol. The van der Waals surface area contributed by atoms with Crippen molar-refractivity contribution in [3.8, 4) is 0 Å². The molecule has 0 aromatic heterocycles. The highest BCUT2D eigenvalue weighted by Gasteiger charge is 2.30. The molecule has 15 heavy (non-hydrogen) atoms. The van der Waals surface area contributed by atoms with E-state index in [9.17, 15) is 5.11 Å². The third-order valence-electron chi connectivity index (χ3n) is 3.55. The van der Waals surface area contributed by atoms with Crippen molar-refractivity contribution in [3.05, 3.63) is 0 Å². The van der Waals surface area contributed by atoms with E-state index in [0.717, 1.165) is 19.3 Å². The van der Waals surface area contributed by atoms with E-state index >= 15 is 0 Å². The van der Waals surface area contributed by atoms with Gasteiger partial charge >= 0.3 is 0 Å². The predicted molar refractivity (Wildman–Crippen MR) is 61.8 cm³/mol. The van der Waals surface area contributed by atoms with Crippen LogP contribution >= 0.6 is 0 Å². The van der Waals surface area contributed by atoms with E-state index in [1.807, 2.05) is 0 Å². The second-order valence-corrected chi connectivity index (χ2v) is 4.98. The minimum absolute atomic E-state index is 0.193. The molecule has 2 N–H and O–H groups in total. The SMILES string of the molecule is CN(C)C1CCCC1CC(O)CCCO. The first-order chi connectivity index (χ1) is 7.15. The third kappa shape index (κ3) is 4.09. The highest BCUT2D eigenvalue weighted by Crippen LogP contribution is 2.32. The molecule has 0 amide bonds. The van der Waals surface area contributed by atoms with Crippen LogP contribution in [0.3, 0.4) is 0 Å². The monoisotopic (exact) mass is 215 g/mol. The Balaban J connectivity index is 2.30. The van der Waals surface area contributed by atoms with E-state index < -0.39 is 0 Å². The molecule has 3 unspecified atom stereocenters. The normalized spacial score (nSPS) is 28.6. The van der Waals surface area contributed by atoms with E-state index in [0.29, 0.717) is 12.0 Å². The maximum atomic E-state index is 9.81. The van der Waals surface area contributed by atoms with Crippen LogP contribution in [-0.4, -0.2) is 48.0 Å². The van der Waals surface area contributed by atoms with Crippen molar-refractivity contribution in [2.24, 2.45) is 5.92 Å². The summed E-state index contributed by atoms with van der Waals surface area (Å²) < 4.78 is 0. The fraction of sp³-hybridized carbons (Fsp3) is 1.00. The van der Waals surface area contributed by atoms with Gasteiger partial charge < -0.3 is 15.1 Å². The summed E-state index contributed by atoms with van der Waals surface area (Å²) in [5, 5.41) is 18.5. The Morgan fingerprint density at radius 1 is 1.33 bits per heavy atom. The lowest BCUT2D eigenvalue weighted by Crippen LogP contribution is -2.33. The summed E-state index contributed by atoms with van der Waals surface area (Å²) in [6, 6.07) is 0.647. The minimum Gasteiger partial charge on any atom is -0.396 e. The number of hydrogen-bond donors (Lipinski definition) is 2. The highest BCUT2D eigenvalue weighted by molar-refractivity contribution is 4.84. The molecule has 0 saturated heterocycles. The Hall–Kier alpha value is -0.120. The Kier molecular flexibility index (Phi) is 5.58. The van der Waals surface area contributed by atoms with Gasteiger partial charge in [-0.3, -0.25) is 0 Å². The summed E-state index contributed by atoms with van der Waals surface area (Å²) in [5.41, 5.74) is 0. The zero-order valence-corrected chi connectivity index (χ0v) is 10.0. The van der Waals surface area contributed by atoms with Crippen molar-refractivity contribution in [3.63, 3.8) is 0 Å². The molecule has 0 aliphatic heterocycles. The van der Waals surface area contributed by atoms with Gasteiger partial charge in [-0.05, 0) is 52.1 Å². The minimum atomic E-state index is -0.220. The molecule has 0 heterocycles. The molecule has 0 bridgehead atoms. The van der Waals surface area contributed by atoms with Gasteiger partial charge in [0.25, 0.3) is 0 Å². The van der Waals surface area contributed by atoms with Crippen molar-refractivity contribution in [2.75, 3.05) is 20.7 Å². The Labute approximate surface area is 93.1 Å². The summed E-state index contributed by atoms with van der Waals surface area (Å²) in [4.78, 5) is 2.29. The molecule has 1 fully saturated rings. The van der Waals surface area contributed by atoms with Gasteiger partial charge in [0, 0.05) is 12.6 Å². The lowest BCUT2D eigenvalue weighted by Gasteiger charge is -2.27. The molecular formula is C12H25NO2. The van der Waals surface area contributed by atoms with Crippen molar-refractivity contribution >= 4 is 0 Å². The van der Waals surface area contributed by atoms with Gasteiger partial charge in [-0.15, -0.1) is 0 Å². The molecule has 1 rings (SSSR count). The van der Waals surface area contributed by atoms with E-state index in [4.69, 9.17) is 5.11 Å². The molecule has 3 heteroatoms. The summed E-state index contributed by atoms with van der Waals surface area (Å²) in [7, 11) is 4.26. The molecule has 1 aliphatic rings. The second-order valence-electron chi connectivity index (χ2n) is 4.98. The van der Waals surface area contributed by atoms with Crippen LogP contribution in [0.25, 0.3) is 0 Å². The Morgan fingerprint density at radius 3 is 2.67 bits per heavy atom. The molecule has 1 aliphatic carbocycles. The van der Waals surface area contributed by atoms with Gasteiger partial charge in [-0.2, -0.15) is 0 Å². The van der Waals surface area contributed by atoms with E-state index in [-0.39, 0.29) is 12.7 Å². The van der Waals surface area contributed by atoms with Gasteiger partial charge in [-0.25, -0.2) is 0 Å². The molecule has 90 valence electrons. The number of aliphatic hydroxyl groups is 2. The van der Waals surface area contributed by atoms with Crippen LogP contribution in [0.15, 0.2) is 0 Å². The zero-order valence-electron chi connectivity index (χ0n) is 10.0. The van der Waals surface area contributed by atoms with Crippen LogP contribution in [0, 0.1) is 5.92 Å². The first-order valence-corrected chi connectivity index (χ1v) is 6.10. The van der Waals surface area contributed by atoms with Crippen LogP contribution in [0.4, 0.5) is 0 Å². The topological polar surface area (TPSA) is 43.7 Å². The Morgan fingerprint density at radius 2 is 2.07 bits per heavy atom. The van der Waals surface area contributed by atoms with Crippen LogP contribution in [0.1, 0.15) is 38.5 Å². The molecule has 0 radical (unpaired) electrons. The fourth-order valence-corrected chi connectivity index (χ4v) is 2.77. The predicted octanol–water partition coefficient (Wildman–Crippen LogP) is 1.24. The summed E-state index contributed by atoms with van der Waals surface area (Å²) >= 11 is 0. The van der Waals surface area contributed by atoms with Gasteiger partial charge in [0.15, 0.2) is 0 Å². The highest BCUT2D eigenvalue weighted by atomic mass is 16.3. The molecular weight excluding hydrogens is 190 g/mol. The standard InChI is InChI=1S/C12H25NO2/c1-13(2)12-7-3-5-10(12)9-11(15)6-4-8-14/h10-12,14-15H,3-9H2,1-2H3. The van der Waals surface area contributed by atoms with E-state index in [1.54, 1.807) is 0 Å². The first kappa shape index (κ1) is 12.9. The van der Waals surface area contributed by atoms with Gasteiger partial charge in [0.05, 0.1) is 6.10 Å². The summed E-state index contributed by atoms with van der Waals surface area (Å²) in [6.45, 7) is 0.193. The van der Waals surface area contributed by atoms with Gasteiger partial charge in [0.1, 0.15) is 0 Å². The van der Waals surface area contributed by atoms with Crippen LogP contribution in [0.5, 0.6) is 0 Å². The molecule has 0 aromatic rings. The van der Waals surface area contributed by atoms with Crippen LogP contribution in [-0.2, 0) is 0 Å². The first-order valence-electron chi connectivity index (χ1n) is 6.10. The second kappa shape index (κ2) is 6.46. The lowest BCUT2D eigenvalue weighted by molar-refractivity contribution is 0.103. The quantitative estimate of drug-likeness (QED) is 0.700. The van der Waals surface area contributed by atoms with E-state index in [2.05, 4.69) is 19.0 Å². The largest absolute Gasteiger partial charge is 0.396 e. The van der Waals surface area contributed by atoms with Crippen LogP contribution < -0.4 is 0 Å². The number of hydrogen-bond acceptors (Lipinski definition) is 3. The lowest BCUT2D eigenvalue weighted by atomic mass is 9.94. The van der Waals surface area contributed by atoms with E-state index in [1.165, 1.54) is 19.3 Å².